The largest absolute Gasteiger partial charge is 0.361 e. The number of aromatic amines is 1. The van der Waals surface area contributed by atoms with Crippen molar-refractivity contribution in [3.8, 4) is 0 Å². The molecule has 0 unspecified atom stereocenters. The molecule has 0 saturated heterocycles. The maximum absolute atomic E-state index is 12.0. The number of H-pyrrole nitrogens is 1. The summed E-state index contributed by atoms with van der Waals surface area (Å²) in [6, 6.07) is 7.97. The summed E-state index contributed by atoms with van der Waals surface area (Å²) in [7, 11) is 0. The summed E-state index contributed by atoms with van der Waals surface area (Å²) in [5, 5.41) is 7.63. The standard InChI is InChI=1S/C16H14Cl2N4O2/c17-12-8-21-22(16(24)15(12)18)9-14(23)19-6-5-10-7-20-13-4-2-1-3-11(10)13/h1-4,7-8,20H,5-6,9H2,(H,19,23). The Bertz CT molecular complexity index is 949. The van der Waals surface area contributed by atoms with Crippen LogP contribution in [0.4, 0.5) is 0 Å². The molecule has 2 N–H and O–H groups in total. The molecule has 0 saturated carbocycles. The van der Waals surface area contributed by atoms with Crippen LogP contribution in [-0.4, -0.2) is 27.2 Å². The van der Waals surface area contributed by atoms with Crippen LogP contribution in [-0.2, 0) is 17.8 Å². The van der Waals surface area contributed by atoms with Crippen LogP contribution in [0.1, 0.15) is 5.56 Å². The van der Waals surface area contributed by atoms with Gasteiger partial charge in [-0.15, -0.1) is 0 Å². The van der Waals surface area contributed by atoms with Crippen molar-refractivity contribution in [1.82, 2.24) is 20.1 Å². The lowest BCUT2D eigenvalue weighted by molar-refractivity contribution is -0.121. The van der Waals surface area contributed by atoms with Crippen molar-refractivity contribution >= 4 is 40.0 Å². The molecule has 1 aromatic carbocycles. The minimum Gasteiger partial charge on any atom is -0.361 e. The maximum Gasteiger partial charge on any atom is 0.287 e. The highest BCUT2D eigenvalue weighted by atomic mass is 35.5. The minimum atomic E-state index is -0.587. The Morgan fingerprint density at radius 1 is 1.29 bits per heavy atom. The first-order chi connectivity index (χ1) is 11.6. The number of fused-ring (bicyclic) bond motifs is 1. The number of nitrogens with one attached hydrogen (secondary N) is 2. The van der Waals surface area contributed by atoms with Gasteiger partial charge in [0.15, 0.2) is 0 Å². The number of carbonyl (C=O) groups excluding carboxylic acids is 1. The predicted molar refractivity (Wildman–Crippen MR) is 93.5 cm³/mol. The van der Waals surface area contributed by atoms with Crippen molar-refractivity contribution in [3.63, 3.8) is 0 Å². The maximum atomic E-state index is 12.0. The van der Waals surface area contributed by atoms with Gasteiger partial charge in [-0.25, -0.2) is 4.68 Å². The lowest BCUT2D eigenvalue weighted by Crippen LogP contribution is -2.34. The lowest BCUT2D eigenvalue weighted by Gasteiger charge is -2.07. The van der Waals surface area contributed by atoms with Crippen LogP contribution in [0.15, 0.2) is 41.5 Å². The molecule has 6 nitrogen and oxygen atoms in total. The molecule has 3 rings (SSSR count). The fourth-order valence-corrected chi connectivity index (χ4v) is 2.70. The normalized spacial score (nSPS) is 10.9. The highest BCUT2D eigenvalue weighted by Gasteiger charge is 2.11. The molecule has 8 heteroatoms. The van der Waals surface area contributed by atoms with E-state index in [1.54, 1.807) is 0 Å². The second kappa shape index (κ2) is 7.07. The molecular formula is C16H14Cl2N4O2. The fourth-order valence-electron chi connectivity index (χ4n) is 2.42. The van der Waals surface area contributed by atoms with Gasteiger partial charge in [0.2, 0.25) is 5.91 Å². The van der Waals surface area contributed by atoms with E-state index in [1.165, 1.54) is 6.20 Å². The molecule has 0 aliphatic heterocycles. The fraction of sp³-hybridized carbons (Fsp3) is 0.188. The van der Waals surface area contributed by atoms with Crippen LogP contribution >= 0.6 is 23.2 Å². The summed E-state index contributed by atoms with van der Waals surface area (Å²) in [5.41, 5.74) is 1.59. The molecule has 0 bridgehead atoms. The second-order valence-corrected chi connectivity index (χ2v) is 6.01. The molecule has 0 atom stereocenters. The number of nitrogens with zero attached hydrogens (tertiary/aromatic N) is 2. The van der Waals surface area contributed by atoms with E-state index in [0.717, 1.165) is 21.1 Å². The van der Waals surface area contributed by atoms with E-state index in [4.69, 9.17) is 23.2 Å². The first kappa shape index (κ1) is 16.5. The first-order valence-electron chi connectivity index (χ1n) is 7.29. The summed E-state index contributed by atoms with van der Waals surface area (Å²) in [4.78, 5) is 27.0. The number of hydrogen-bond donors (Lipinski definition) is 2. The van der Waals surface area contributed by atoms with Gasteiger partial charge >= 0.3 is 0 Å². The SMILES string of the molecule is O=C(Cn1ncc(Cl)c(Cl)c1=O)NCCc1c[nH]c2ccccc12. The molecule has 0 radical (unpaired) electrons. The molecule has 3 aromatic rings. The van der Waals surface area contributed by atoms with Gasteiger partial charge in [0.1, 0.15) is 11.6 Å². The zero-order chi connectivity index (χ0) is 17.1. The minimum absolute atomic E-state index is 0.0673. The zero-order valence-corrected chi connectivity index (χ0v) is 14.1. The summed E-state index contributed by atoms with van der Waals surface area (Å²) in [5.74, 6) is -0.317. The number of rotatable bonds is 5. The number of hydrogen-bond acceptors (Lipinski definition) is 3. The van der Waals surface area contributed by atoms with Crippen LogP contribution in [0.3, 0.4) is 0 Å². The average Bonchev–Trinajstić information content (AvgIpc) is 2.99. The van der Waals surface area contributed by atoms with Crippen LogP contribution in [0.2, 0.25) is 10.0 Å². The van der Waals surface area contributed by atoms with Gasteiger partial charge in [-0.2, -0.15) is 5.10 Å². The first-order valence-corrected chi connectivity index (χ1v) is 8.04. The Hall–Kier alpha value is -2.31. The predicted octanol–water partition coefficient (Wildman–Crippen LogP) is 2.39. The summed E-state index contributed by atoms with van der Waals surface area (Å²) in [6.07, 6.45) is 3.85. The molecule has 0 aliphatic rings. The Morgan fingerprint density at radius 2 is 2.08 bits per heavy atom. The van der Waals surface area contributed by atoms with Crippen molar-refractivity contribution in [2.75, 3.05) is 6.54 Å². The average molecular weight is 365 g/mol. The molecule has 2 heterocycles. The van der Waals surface area contributed by atoms with Crippen molar-refractivity contribution in [2.45, 2.75) is 13.0 Å². The number of benzene rings is 1. The molecule has 24 heavy (non-hydrogen) atoms. The monoisotopic (exact) mass is 364 g/mol. The van der Waals surface area contributed by atoms with E-state index in [9.17, 15) is 9.59 Å². The number of halogens is 2. The smallest absolute Gasteiger partial charge is 0.287 e. The summed E-state index contributed by atoms with van der Waals surface area (Å²) >= 11 is 11.5. The molecule has 124 valence electrons. The molecule has 1 amide bonds. The Morgan fingerprint density at radius 3 is 2.92 bits per heavy atom. The zero-order valence-electron chi connectivity index (χ0n) is 12.6. The quantitative estimate of drug-likeness (QED) is 0.729. The van der Waals surface area contributed by atoms with Crippen LogP contribution < -0.4 is 10.9 Å². The highest BCUT2D eigenvalue weighted by Crippen LogP contribution is 2.17. The summed E-state index contributed by atoms with van der Waals surface area (Å²) < 4.78 is 0.981. The third kappa shape index (κ3) is 3.44. The Labute approximate surface area is 147 Å². The topological polar surface area (TPSA) is 79.8 Å². The van der Waals surface area contributed by atoms with Crippen LogP contribution in [0.25, 0.3) is 10.9 Å². The van der Waals surface area contributed by atoms with Crippen LogP contribution in [0, 0.1) is 0 Å². The van der Waals surface area contributed by atoms with Gasteiger partial charge in [0.05, 0.1) is 11.2 Å². The molecular weight excluding hydrogens is 351 g/mol. The number of para-hydroxylation sites is 1. The lowest BCUT2D eigenvalue weighted by atomic mass is 10.1. The molecule has 0 aliphatic carbocycles. The van der Waals surface area contributed by atoms with Crippen molar-refractivity contribution in [1.29, 1.82) is 0 Å². The van der Waals surface area contributed by atoms with Gasteiger partial charge in [0, 0.05) is 23.6 Å². The van der Waals surface area contributed by atoms with Crippen LogP contribution in [0.5, 0.6) is 0 Å². The van der Waals surface area contributed by atoms with Crippen molar-refractivity contribution in [3.05, 3.63) is 62.6 Å². The van der Waals surface area contributed by atoms with E-state index in [2.05, 4.69) is 15.4 Å². The molecule has 0 spiro atoms. The van der Waals surface area contributed by atoms with Gasteiger partial charge < -0.3 is 10.3 Å². The van der Waals surface area contributed by atoms with Gasteiger partial charge in [0.25, 0.3) is 5.56 Å². The van der Waals surface area contributed by atoms with E-state index in [1.807, 2.05) is 30.5 Å². The number of amides is 1. The van der Waals surface area contributed by atoms with Crippen molar-refractivity contribution < 1.29 is 4.79 Å². The molecule has 2 aromatic heterocycles. The molecule has 0 fully saturated rings. The van der Waals surface area contributed by atoms with Gasteiger partial charge in [-0.3, -0.25) is 9.59 Å². The van der Waals surface area contributed by atoms with E-state index < -0.39 is 5.56 Å². The summed E-state index contributed by atoms with van der Waals surface area (Å²) in [6.45, 7) is 0.250. The van der Waals surface area contributed by atoms with Crippen molar-refractivity contribution in [2.24, 2.45) is 0 Å². The van der Waals surface area contributed by atoms with Gasteiger partial charge in [-0.05, 0) is 18.1 Å². The van der Waals surface area contributed by atoms with Gasteiger partial charge in [-0.1, -0.05) is 41.4 Å². The third-order valence-electron chi connectivity index (χ3n) is 3.63. The Kier molecular flexibility index (Phi) is 4.87. The number of carbonyl (C=O) groups is 1. The van der Waals surface area contributed by atoms with E-state index in [-0.39, 0.29) is 22.5 Å². The number of aromatic nitrogens is 3. The van der Waals surface area contributed by atoms with E-state index >= 15 is 0 Å². The third-order valence-corrected chi connectivity index (χ3v) is 4.38. The highest BCUT2D eigenvalue weighted by molar-refractivity contribution is 6.41. The second-order valence-electron chi connectivity index (χ2n) is 5.23. The van der Waals surface area contributed by atoms with E-state index in [0.29, 0.717) is 13.0 Å². The Balaban J connectivity index is 1.58.